The van der Waals surface area contributed by atoms with Gasteiger partial charge in [-0.1, -0.05) is 11.6 Å². The minimum absolute atomic E-state index is 0.0790. The summed E-state index contributed by atoms with van der Waals surface area (Å²) < 4.78 is 5.16. The average Bonchev–Trinajstić information content (AvgIpc) is 2.28. The molecule has 1 aromatic rings. The van der Waals surface area contributed by atoms with Crippen molar-refractivity contribution in [3.05, 3.63) is 22.7 Å². The van der Waals surface area contributed by atoms with Gasteiger partial charge in [-0.15, -0.1) is 0 Å². The van der Waals surface area contributed by atoms with Crippen molar-refractivity contribution < 1.29 is 9.53 Å². The van der Waals surface area contributed by atoms with E-state index >= 15 is 0 Å². The molecule has 98 valence electrons. The van der Waals surface area contributed by atoms with Gasteiger partial charge >= 0.3 is 0 Å². The molecule has 1 saturated heterocycles. The summed E-state index contributed by atoms with van der Waals surface area (Å²) in [5.41, 5.74) is 1.80. The summed E-state index contributed by atoms with van der Waals surface area (Å²) in [5.74, 6) is 0.831. The fraction of sp³-hybridized carbons (Fsp3) is 0.462. The number of rotatable bonds is 3. The minimum atomic E-state index is 0.0790. The van der Waals surface area contributed by atoms with E-state index in [1.807, 2.05) is 13.0 Å². The molecule has 1 aromatic carbocycles. The number of carbonyl (C=O) groups is 1. The zero-order valence-corrected chi connectivity index (χ0v) is 11.5. The molecule has 1 aliphatic heterocycles. The van der Waals surface area contributed by atoms with E-state index in [2.05, 4.69) is 5.32 Å². The first-order valence-corrected chi connectivity index (χ1v) is 6.24. The van der Waals surface area contributed by atoms with Gasteiger partial charge in [0.05, 0.1) is 18.1 Å². The molecule has 5 heteroatoms. The predicted octanol–water partition coefficient (Wildman–Crippen LogP) is 1.84. The number of hydrogen-bond acceptors (Lipinski definition) is 3. The van der Waals surface area contributed by atoms with Crippen LogP contribution in [0, 0.1) is 12.8 Å². The second-order valence-electron chi connectivity index (χ2n) is 4.53. The third-order valence-electron chi connectivity index (χ3n) is 3.29. The lowest BCUT2D eigenvalue weighted by atomic mass is 10.0. The molecule has 18 heavy (non-hydrogen) atoms. The Kier molecular flexibility index (Phi) is 3.78. The van der Waals surface area contributed by atoms with Gasteiger partial charge in [-0.25, -0.2) is 0 Å². The van der Waals surface area contributed by atoms with Crippen LogP contribution in [0.4, 0.5) is 5.69 Å². The fourth-order valence-electron chi connectivity index (χ4n) is 2.02. The van der Waals surface area contributed by atoms with Crippen LogP contribution in [0.25, 0.3) is 0 Å². The van der Waals surface area contributed by atoms with E-state index in [1.54, 1.807) is 25.1 Å². The van der Waals surface area contributed by atoms with Crippen LogP contribution in [-0.2, 0) is 4.79 Å². The van der Waals surface area contributed by atoms with Crippen molar-refractivity contribution in [3.8, 4) is 5.75 Å². The lowest BCUT2D eigenvalue weighted by Gasteiger charge is -2.31. The third-order valence-corrected chi connectivity index (χ3v) is 3.59. The Morgan fingerprint density at radius 1 is 1.50 bits per heavy atom. The number of methoxy groups -OCH3 is 1. The predicted molar refractivity (Wildman–Crippen MR) is 72.5 cm³/mol. The molecule has 0 aromatic heterocycles. The monoisotopic (exact) mass is 268 g/mol. The van der Waals surface area contributed by atoms with Crippen LogP contribution in [0.5, 0.6) is 5.75 Å². The van der Waals surface area contributed by atoms with Crippen molar-refractivity contribution in [1.29, 1.82) is 0 Å². The van der Waals surface area contributed by atoms with E-state index in [0.717, 1.165) is 24.3 Å². The van der Waals surface area contributed by atoms with Crippen LogP contribution < -0.4 is 15.0 Å². The molecule has 0 saturated carbocycles. The molecule has 0 atom stereocenters. The van der Waals surface area contributed by atoms with Crippen LogP contribution in [0.2, 0.25) is 5.02 Å². The maximum atomic E-state index is 12.2. The number of amides is 1. The number of halogens is 1. The van der Waals surface area contributed by atoms with Gasteiger partial charge < -0.3 is 15.0 Å². The molecule has 1 aliphatic rings. The quantitative estimate of drug-likeness (QED) is 0.910. The van der Waals surface area contributed by atoms with Crippen LogP contribution in [0.3, 0.4) is 0 Å². The number of carbonyl (C=O) groups excluding carboxylic acids is 1. The highest BCUT2D eigenvalue weighted by atomic mass is 35.5. The number of ether oxygens (including phenoxy) is 1. The lowest BCUT2D eigenvalue weighted by Crippen LogP contribution is -2.51. The second-order valence-corrected chi connectivity index (χ2v) is 4.93. The summed E-state index contributed by atoms with van der Waals surface area (Å²) >= 11 is 6.10. The standard InChI is InChI=1S/C13H17ClN2O2/c1-8-4-12(18-3)10(14)5-11(8)16(2)13(17)9-6-15-7-9/h4-5,9,15H,6-7H2,1-3H3. The molecule has 1 fully saturated rings. The summed E-state index contributed by atoms with van der Waals surface area (Å²) in [6.45, 7) is 3.45. The summed E-state index contributed by atoms with van der Waals surface area (Å²) in [5, 5.41) is 3.62. The molecule has 1 N–H and O–H groups in total. The minimum Gasteiger partial charge on any atom is -0.495 e. The first-order valence-electron chi connectivity index (χ1n) is 5.87. The number of hydrogen-bond donors (Lipinski definition) is 1. The Hall–Kier alpha value is -1.26. The molecular formula is C13H17ClN2O2. The maximum absolute atomic E-state index is 12.2. The molecule has 0 radical (unpaired) electrons. The lowest BCUT2D eigenvalue weighted by molar-refractivity contribution is -0.123. The van der Waals surface area contributed by atoms with E-state index in [4.69, 9.17) is 16.3 Å². The zero-order valence-electron chi connectivity index (χ0n) is 10.8. The van der Waals surface area contributed by atoms with Crippen molar-refractivity contribution in [2.45, 2.75) is 6.92 Å². The molecule has 0 unspecified atom stereocenters. The molecule has 0 spiro atoms. The number of aryl methyl sites for hydroxylation is 1. The van der Waals surface area contributed by atoms with Gasteiger partial charge in [0.15, 0.2) is 0 Å². The highest BCUT2D eigenvalue weighted by Crippen LogP contribution is 2.32. The van der Waals surface area contributed by atoms with Crippen LogP contribution in [0.15, 0.2) is 12.1 Å². The Morgan fingerprint density at radius 2 is 2.17 bits per heavy atom. The summed E-state index contributed by atoms with van der Waals surface area (Å²) in [6.07, 6.45) is 0. The highest BCUT2D eigenvalue weighted by molar-refractivity contribution is 6.32. The number of benzene rings is 1. The van der Waals surface area contributed by atoms with Crippen LogP contribution >= 0.6 is 11.6 Å². The van der Waals surface area contributed by atoms with Gasteiger partial charge in [0, 0.05) is 25.8 Å². The summed E-state index contributed by atoms with van der Waals surface area (Å²) in [6, 6.07) is 3.63. The van der Waals surface area contributed by atoms with Crippen molar-refractivity contribution in [2.75, 3.05) is 32.1 Å². The third kappa shape index (κ3) is 2.31. The van der Waals surface area contributed by atoms with Crippen molar-refractivity contribution in [1.82, 2.24) is 5.32 Å². The number of anilines is 1. The Labute approximate surface area is 112 Å². The summed E-state index contributed by atoms with van der Waals surface area (Å²) in [7, 11) is 3.36. The molecule has 1 amide bonds. The Balaban J connectivity index is 2.26. The molecule has 1 heterocycles. The topological polar surface area (TPSA) is 41.6 Å². The van der Waals surface area contributed by atoms with E-state index in [-0.39, 0.29) is 11.8 Å². The van der Waals surface area contributed by atoms with Crippen LogP contribution in [-0.4, -0.2) is 33.2 Å². The molecule has 0 bridgehead atoms. The van der Waals surface area contributed by atoms with Crippen LogP contribution in [0.1, 0.15) is 5.56 Å². The fourth-order valence-corrected chi connectivity index (χ4v) is 2.25. The molecule has 2 rings (SSSR count). The smallest absolute Gasteiger partial charge is 0.232 e. The SMILES string of the molecule is COc1cc(C)c(N(C)C(=O)C2CNC2)cc1Cl. The first kappa shape index (κ1) is 13.2. The van der Waals surface area contributed by atoms with Gasteiger partial charge in [0.25, 0.3) is 0 Å². The Morgan fingerprint density at radius 3 is 2.67 bits per heavy atom. The molecular weight excluding hydrogens is 252 g/mol. The average molecular weight is 269 g/mol. The Bertz CT molecular complexity index is 472. The van der Waals surface area contributed by atoms with Gasteiger partial charge in [0.1, 0.15) is 5.75 Å². The molecule has 4 nitrogen and oxygen atoms in total. The van der Waals surface area contributed by atoms with E-state index in [0.29, 0.717) is 10.8 Å². The van der Waals surface area contributed by atoms with Crippen molar-refractivity contribution in [3.63, 3.8) is 0 Å². The van der Waals surface area contributed by atoms with Gasteiger partial charge in [-0.05, 0) is 24.6 Å². The van der Waals surface area contributed by atoms with Gasteiger partial charge in [-0.2, -0.15) is 0 Å². The van der Waals surface area contributed by atoms with Gasteiger partial charge in [-0.3, -0.25) is 4.79 Å². The summed E-state index contributed by atoms with van der Waals surface area (Å²) in [4.78, 5) is 13.8. The van der Waals surface area contributed by atoms with E-state index in [9.17, 15) is 4.79 Å². The second kappa shape index (κ2) is 5.16. The first-order chi connectivity index (χ1) is 8.54. The van der Waals surface area contributed by atoms with Gasteiger partial charge in [0.2, 0.25) is 5.91 Å². The van der Waals surface area contributed by atoms with Crippen molar-refractivity contribution in [2.24, 2.45) is 5.92 Å². The number of nitrogens with zero attached hydrogens (tertiary/aromatic N) is 1. The zero-order chi connectivity index (χ0) is 13.3. The molecule has 0 aliphatic carbocycles. The maximum Gasteiger partial charge on any atom is 0.232 e. The largest absolute Gasteiger partial charge is 0.495 e. The van der Waals surface area contributed by atoms with E-state index < -0.39 is 0 Å². The van der Waals surface area contributed by atoms with E-state index in [1.165, 1.54) is 0 Å². The number of nitrogens with one attached hydrogen (secondary N) is 1. The highest BCUT2D eigenvalue weighted by Gasteiger charge is 2.28. The normalized spacial score (nSPS) is 15.1. The van der Waals surface area contributed by atoms with Crippen molar-refractivity contribution >= 4 is 23.2 Å².